The molecule has 2 heteroatoms. The summed E-state index contributed by atoms with van der Waals surface area (Å²) in [5, 5.41) is 0. The Morgan fingerprint density at radius 3 is 3.00 bits per heavy atom. The molecule has 2 aromatic heterocycles. The minimum atomic E-state index is 0.198. The van der Waals surface area contributed by atoms with Crippen molar-refractivity contribution < 1.29 is 4.79 Å². The molecule has 2 heterocycles. The lowest BCUT2D eigenvalue weighted by Gasteiger charge is -1.89. The monoisotopic (exact) mass is 173 g/mol. The van der Waals surface area contributed by atoms with E-state index in [0.717, 1.165) is 11.1 Å². The van der Waals surface area contributed by atoms with Crippen LogP contribution in [0.2, 0.25) is 0 Å². The average Bonchev–Trinajstić information content (AvgIpc) is 2.59. The standard InChI is InChI=1S/C11H11NO/c1-2-11(13)9-7-10-5-3-4-6-12(10)8-9/h3-8H,2H2,1H3. The van der Waals surface area contributed by atoms with Gasteiger partial charge in [-0.05, 0) is 18.2 Å². The second-order valence-electron chi connectivity index (χ2n) is 3.04. The Hall–Kier alpha value is -1.57. The molecule has 0 aromatic carbocycles. The van der Waals surface area contributed by atoms with Gasteiger partial charge in [0.2, 0.25) is 0 Å². The van der Waals surface area contributed by atoms with E-state index in [-0.39, 0.29) is 5.78 Å². The molecule has 0 unspecified atom stereocenters. The molecule has 0 N–H and O–H groups in total. The molecule has 0 radical (unpaired) electrons. The third-order valence-electron chi connectivity index (χ3n) is 2.15. The number of fused-ring (bicyclic) bond motifs is 1. The van der Waals surface area contributed by atoms with E-state index in [1.807, 2.05) is 48.0 Å². The van der Waals surface area contributed by atoms with Gasteiger partial charge in [0.05, 0.1) is 0 Å². The van der Waals surface area contributed by atoms with E-state index in [9.17, 15) is 4.79 Å². The van der Waals surface area contributed by atoms with Gasteiger partial charge in [0.15, 0.2) is 5.78 Å². The van der Waals surface area contributed by atoms with Crippen LogP contribution in [0.15, 0.2) is 36.7 Å². The summed E-state index contributed by atoms with van der Waals surface area (Å²) in [7, 11) is 0. The van der Waals surface area contributed by atoms with Gasteiger partial charge >= 0.3 is 0 Å². The number of hydrogen-bond acceptors (Lipinski definition) is 1. The summed E-state index contributed by atoms with van der Waals surface area (Å²) in [6.07, 6.45) is 4.39. The number of hydrogen-bond donors (Lipinski definition) is 0. The molecule has 2 aromatic rings. The number of ketones is 1. The zero-order valence-electron chi connectivity index (χ0n) is 7.53. The number of pyridine rings is 1. The Morgan fingerprint density at radius 1 is 1.46 bits per heavy atom. The molecule has 2 rings (SSSR count). The first-order chi connectivity index (χ1) is 6.31. The summed E-state index contributed by atoms with van der Waals surface area (Å²) in [4.78, 5) is 11.4. The maximum absolute atomic E-state index is 11.4. The summed E-state index contributed by atoms with van der Waals surface area (Å²) < 4.78 is 1.96. The molecule has 0 atom stereocenters. The van der Waals surface area contributed by atoms with Crippen molar-refractivity contribution in [2.75, 3.05) is 0 Å². The fourth-order valence-corrected chi connectivity index (χ4v) is 1.41. The highest BCUT2D eigenvalue weighted by molar-refractivity contribution is 5.97. The quantitative estimate of drug-likeness (QED) is 0.639. The number of Topliss-reactive ketones (excluding diaryl/α,β-unsaturated/α-hetero) is 1. The summed E-state index contributed by atoms with van der Waals surface area (Å²) >= 11 is 0. The normalized spacial score (nSPS) is 10.5. The lowest BCUT2D eigenvalue weighted by atomic mass is 10.2. The molecule has 0 spiro atoms. The topological polar surface area (TPSA) is 21.5 Å². The average molecular weight is 173 g/mol. The summed E-state index contributed by atoms with van der Waals surface area (Å²) in [6, 6.07) is 7.83. The van der Waals surface area contributed by atoms with Crippen molar-refractivity contribution in [2.45, 2.75) is 13.3 Å². The van der Waals surface area contributed by atoms with Gasteiger partial charge in [-0.2, -0.15) is 0 Å². The van der Waals surface area contributed by atoms with Crippen molar-refractivity contribution >= 4 is 11.3 Å². The first-order valence-corrected chi connectivity index (χ1v) is 4.41. The summed E-state index contributed by atoms with van der Waals surface area (Å²) in [5.74, 6) is 0.198. The molecular weight excluding hydrogens is 162 g/mol. The Kier molecular flexibility index (Phi) is 1.89. The second kappa shape index (κ2) is 3.05. The number of carbonyl (C=O) groups excluding carboxylic acids is 1. The third-order valence-corrected chi connectivity index (χ3v) is 2.15. The fourth-order valence-electron chi connectivity index (χ4n) is 1.41. The van der Waals surface area contributed by atoms with Gasteiger partial charge < -0.3 is 4.40 Å². The van der Waals surface area contributed by atoms with Gasteiger partial charge in [0, 0.05) is 29.9 Å². The van der Waals surface area contributed by atoms with Crippen LogP contribution in [0.4, 0.5) is 0 Å². The van der Waals surface area contributed by atoms with E-state index in [1.165, 1.54) is 0 Å². The van der Waals surface area contributed by atoms with Gasteiger partial charge in [-0.3, -0.25) is 4.79 Å². The van der Waals surface area contributed by atoms with Crippen LogP contribution in [0.3, 0.4) is 0 Å². The number of nitrogens with zero attached hydrogens (tertiary/aromatic N) is 1. The summed E-state index contributed by atoms with van der Waals surface area (Å²) in [5.41, 5.74) is 1.87. The lowest BCUT2D eigenvalue weighted by molar-refractivity contribution is 0.0988. The first-order valence-electron chi connectivity index (χ1n) is 4.41. The van der Waals surface area contributed by atoms with Crippen molar-refractivity contribution in [2.24, 2.45) is 0 Å². The molecule has 0 saturated carbocycles. The van der Waals surface area contributed by atoms with Crippen molar-refractivity contribution in [1.29, 1.82) is 0 Å². The lowest BCUT2D eigenvalue weighted by Crippen LogP contribution is -1.92. The van der Waals surface area contributed by atoms with E-state index in [2.05, 4.69) is 0 Å². The molecule has 66 valence electrons. The van der Waals surface area contributed by atoms with Gasteiger partial charge in [-0.15, -0.1) is 0 Å². The Balaban J connectivity index is 2.56. The van der Waals surface area contributed by atoms with Gasteiger partial charge in [0.25, 0.3) is 0 Å². The Morgan fingerprint density at radius 2 is 2.31 bits per heavy atom. The number of carbonyl (C=O) groups is 1. The van der Waals surface area contributed by atoms with Crippen LogP contribution in [0, 0.1) is 0 Å². The van der Waals surface area contributed by atoms with Crippen LogP contribution >= 0.6 is 0 Å². The van der Waals surface area contributed by atoms with Gasteiger partial charge in [-0.25, -0.2) is 0 Å². The largest absolute Gasteiger partial charge is 0.323 e. The second-order valence-corrected chi connectivity index (χ2v) is 3.04. The van der Waals surface area contributed by atoms with E-state index in [0.29, 0.717) is 6.42 Å². The van der Waals surface area contributed by atoms with E-state index in [1.54, 1.807) is 0 Å². The molecular formula is C11H11NO. The molecule has 2 nitrogen and oxygen atoms in total. The number of rotatable bonds is 2. The van der Waals surface area contributed by atoms with Crippen molar-refractivity contribution in [1.82, 2.24) is 4.40 Å². The highest BCUT2D eigenvalue weighted by atomic mass is 16.1. The molecule has 0 amide bonds. The van der Waals surface area contributed by atoms with Crippen LogP contribution in [0.1, 0.15) is 23.7 Å². The highest BCUT2D eigenvalue weighted by Gasteiger charge is 2.05. The summed E-state index contributed by atoms with van der Waals surface area (Å²) in [6.45, 7) is 1.88. The fraction of sp³-hybridized carbons (Fsp3) is 0.182. The van der Waals surface area contributed by atoms with Gasteiger partial charge in [-0.1, -0.05) is 13.0 Å². The van der Waals surface area contributed by atoms with E-state index >= 15 is 0 Å². The minimum Gasteiger partial charge on any atom is -0.323 e. The molecule has 0 aliphatic carbocycles. The predicted octanol–water partition coefficient (Wildman–Crippen LogP) is 2.53. The van der Waals surface area contributed by atoms with Crippen LogP contribution < -0.4 is 0 Å². The third kappa shape index (κ3) is 1.35. The van der Waals surface area contributed by atoms with Crippen molar-refractivity contribution in [3.05, 3.63) is 42.2 Å². The van der Waals surface area contributed by atoms with Crippen molar-refractivity contribution in [3.63, 3.8) is 0 Å². The number of aromatic nitrogens is 1. The highest BCUT2D eigenvalue weighted by Crippen LogP contribution is 2.10. The van der Waals surface area contributed by atoms with Crippen LogP contribution in [0.5, 0.6) is 0 Å². The zero-order chi connectivity index (χ0) is 9.26. The SMILES string of the molecule is CCC(=O)c1cc2ccccn2c1. The predicted molar refractivity (Wildman–Crippen MR) is 52.0 cm³/mol. The Labute approximate surface area is 76.8 Å². The van der Waals surface area contributed by atoms with Crippen LogP contribution in [-0.2, 0) is 0 Å². The minimum absolute atomic E-state index is 0.198. The van der Waals surface area contributed by atoms with Crippen LogP contribution in [-0.4, -0.2) is 10.2 Å². The molecule has 13 heavy (non-hydrogen) atoms. The van der Waals surface area contributed by atoms with Crippen LogP contribution in [0.25, 0.3) is 5.52 Å². The maximum Gasteiger partial charge on any atom is 0.164 e. The van der Waals surface area contributed by atoms with E-state index < -0.39 is 0 Å². The maximum atomic E-state index is 11.4. The molecule has 0 aliphatic heterocycles. The zero-order valence-corrected chi connectivity index (χ0v) is 7.53. The Bertz CT molecular complexity index is 409. The van der Waals surface area contributed by atoms with Gasteiger partial charge in [0.1, 0.15) is 0 Å². The molecule has 0 bridgehead atoms. The molecule has 0 fully saturated rings. The van der Waals surface area contributed by atoms with Crippen molar-refractivity contribution in [3.8, 4) is 0 Å². The van der Waals surface area contributed by atoms with E-state index in [4.69, 9.17) is 0 Å². The first kappa shape index (κ1) is 8.05. The molecule has 0 aliphatic rings. The smallest absolute Gasteiger partial charge is 0.164 e. The molecule has 0 saturated heterocycles.